The molecule has 0 bridgehead atoms. The number of hydrogen-bond donors (Lipinski definition) is 1. The molecule has 0 saturated heterocycles. The van der Waals surface area contributed by atoms with Crippen molar-refractivity contribution in [3.63, 3.8) is 0 Å². The topological polar surface area (TPSA) is 58.6 Å². The summed E-state index contributed by atoms with van der Waals surface area (Å²) >= 11 is 0. The number of esters is 1. The van der Waals surface area contributed by atoms with E-state index in [1.54, 1.807) is 20.8 Å². The van der Waals surface area contributed by atoms with Crippen molar-refractivity contribution in [2.45, 2.75) is 26.8 Å². The highest BCUT2D eigenvalue weighted by Gasteiger charge is 2.38. The van der Waals surface area contributed by atoms with Gasteiger partial charge in [-0.2, -0.15) is 0 Å². The number of urea groups is 1. The van der Waals surface area contributed by atoms with Gasteiger partial charge in [0.05, 0.1) is 23.8 Å². The molecule has 124 valence electrons. The van der Waals surface area contributed by atoms with Gasteiger partial charge >= 0.3 is 12.0 Å². The van der Waals surface area contributed by atoms with Gasteiger partial charge in [-0.1, -0.05) is 6.07 Å². The number of allylic oxidation sites excluding steroid dienone is 1. The Balaban J connectivity index is 2.63. The summed E-state index contributed by atoms with van der Waals surface area (Å²) < 4.78 is 33.2. The summed E-state index contributed by atoms with van der Waals surface area (Å²) in [5.41, 5.74) is -0.0290. The molecule has 0 fully saturated rings. The summed E-state index contributed by atoms with van der Waals surface area (Å²) in [7, 11) is 0. The Kier molecular flexibility index (Phi) is 4.98. The average Bonchev–Trinajstić information content (AvgIpc) is 2.47. The van der Waals surface area contributed by atoms with Gasteiger partial charge in [0.2, 0.25) is 0 Å². The maximum absolute atomic E-state index is 14.1. The third-order valence-electron chi connectivity index (χ3n) is 3.70. The van der Waals surface area contributed by atoms with Crippen molar-refractivity contribution in [2.75, 3.05) is 13.2 Å². The first-order chi connectivity index (χ1) is 10.9. The molecular formula is C16H18F2N2O3. The van der Waals surface area contributed by atoms with Gasteiger partial charge in [0.25, 0.3) is 0 Å². The first-order valence-corrected chi connectivity index (χ1v) is 7.32. The molecule has 7 heteroatoms. The fraction of sp³-hybridized carbons (Fsp3) is 0.375. The first kappa shape index (κ1) is 16.9. The molecule has 1 N–H and O–H groups in total. The van der Waals surface area contributed by atoms with E-state index >= 15 is 0 Å². The fourth-order valence-electron chi connectivity index (χ4n) is 2.64. The molecule has 0 aromatic heterocycles. The molecule has 1 aromatic rings. The Morgan fingerprint density at radius 3 is 2.43 bits per heavy atom. The number of carbonyl (C=O) groups excluding carboxylic acids is 2. The van der Waals surface area contributed by atoms with Crippen molar-refractivity contribution in [1.29, 1.82) is 0 Å². The lowest BCUT2D eigenvalue weighted by Crippen LogP contribution is -2.48. The molecule has 1 heterocycles. The van der Waals surface area contributed by atoms with Crippen LogP contribution >= 0.6 is 0 Å². The summed E-state index contributed by atoms with van der Waals surface area (Å²) in [6, 6.07) is 1.62. The van der Waals surface area contributed by atoms with Gasteiger partial charge in [0.1, 0.15) is 11.6 Å². The zero-order valence-electron chi connectivity index (χ0n) is 13.2. The van der Waals surface area contributed by atoms with E-state index < -0.39 is 29.7 Å². The lowest BCUT2D eigenvalue weighted by molar-refractivity contribution is -0.139. The summed E-state index contributed by atoms with van der Waals surface area (Å²) in [5.74, 6) is -2.39. The molecule has 1 atom stereocenters. The number of ether oxygens (including phenoxy) is 1. The fourth-order valence-corrected chi connectivity index (χ4v) is 2.64. The van der Waals surface area contributed by atoms with Gasteiger partial charge in [0.15, 0.2) is 0 Å². The van der Waals surface area contributed by atoms with Crippen LogP contribution in [0.2, 0.25) is 0 Å². The quantitative estimate of drug-likeness (QED) is 0.867. The van der Waals surface area contributed by atoms with Crippen molar-refractivity contribution in [3.8, 4) is 0 Å². The number of amides is 2. The van der Waals surface area contributed by atoms with Gasteiger partial charge in [-0.05, 0) is 32.9 Å². The summed E-state index contributed by atoms with van der Waals surface area (Å²) in [4.78, 5) is 25.8. The SMILES string of the molecule is CCOC(=O)C1=C(C)N(CC)C(=O)NC1c1c(F)cccc1F. The van der Waals surface area contributed by atoms with Crippen LogP contribution in [0.25, 0.3) is 0 Å². The van der Waals surface area contributed by atoms with Crippen LogP contribution in [0, 0.1) is 11.6 Å². The van der Waals surface area contributed by atoms with Crippen LogP contribution in [0.5, 0.6) is 0 Å². The Hall–Kier alpha value is -2.44. The minimum Gasteiger partial charge on any atom is -0.463 e. The monoisotopic (exact) mass is 324 g/mol. The van der Waals surface area contributed by atoms with E-state index in [1.165, 1.54) is 11.0 Å². The van der Waals surface area contributed by atoms with E-state index in [0.717, 1.165) is 12.1 Å². The third kappa shape index (κ3) is 3.04. The van der Waals surface area contributed by atoms with Gasteiger partial charge in [-0.3, -0.25) is 4.90 Å². The van der Waals surface area contributed by atoms with Crippen molar-refractivity contribution in [2.24, 2.45) is 0 Å². The lowest BCUT2D eigenvalue weighted by atomic mass is 9.94. The van der Waals surface area contributed by atoms with Gasteiger partial charge in [0, 0.05) is 12.2 Å². The molecule has 1 aliphatic rings. The van der Waals surface area contributed by atoms with E-state index in [-0.39, 0.29) is 17.7 Å². The van der Waals surface area contributed by atoms with Gasteiger partial charge in [-0.15, -0.1) is 0 Å². The highest BCUT2D eigenvalue weighted by molar-refractivity contribution is 5.95. The number of nitrogens with zero attached hydrogens (tertiary/aromatic N) is 1. The van der Waals surface area contributed by atoms with Crippen LogP contribution in [0.15, 0.2) is 29.5 Å². The summed E-state index contributed by atoms with van der Waals surface area (Å²) in [5, 5.41) is 2.48. The molecule has 2 amide bonds. The maximum atomic E-state index is 14.1. The Bertz CT molecular complexity index is 653. The number of benzene rings is 1. The highest BCUT2D eigenvalue weighted by atomic mass is 19.1. The lowest BCUT2D eigenvalue weighted by Gasteiger charge is -2.34. The van der Waals surface area contributed by atoms with Gasteiger partial charge in [-0.25, -0.2) is 18.4 Å². The molecule has 0 saturated carbocycles. The summed E-state index contributed by atoms with van der Waals surface area (Å²) in [6.45, 7) is 5.34. The van der Waals surface area contributed by atoms with Crippen molar-refractivity contribution in [3.05, 3.63) is 46.7 Å². The van der Waals surface area contributed by atoms with E-state index in [2.05, 4.69) is 5.32 Å². The zero-order chi connectivity index (χ0) is 17.1. The zero-order valence-corrected chi connectivity index (χ0v) is 13.2. The molecular weight excluding hydrogens is 306 g/mol. The Morgan fingerprint density at radius 1 is 1.30 bits per heavy atom. The molecule has 1 aliphatic heterocycles. The molecule has 5 nitrogen and oxygen atoms in total. The number of rotatable bonds is 4. The largest absolute Gasteiger partial charge is 0.463 e. The number of nitrogens with one attached hydrogen (secondary N) is 1. The minimum absolute atomic E-state index is 0.0253. The second-order valence-corrected chi connectivity index (χ2v) is 4.98. The second kappa shape index (κ2) is 6.76. The van der Waals surface area contributed by atoms with Crippen LogP contribution in [0.4, 0.5) is 13.6 Å². The van der Waals surface area contributed by atoms with Crippen LogP contribution in [-0.4, -0.2) is 30.1 Å². The van der Waals surface area contributed by atoms with Crippen molar-refractivity contribution >= 4 is 12.0 Å². The normalized spacial score (nSPS) is 18.0. The number of hydrogen-bond acceptors (Lipinski definition) is 3. The van der Waals surface area contributed by atoms with E-state index in [0.29, 0.717) is 12.2 Å². The van der Waals surface area contributed by atoms with E-state index in [1.807, 2.05) is 0 Å². The van der Waals surface area contributed by atoms with E-state index in [9.17, 15) is 18.4 Å². The smallest absolute Gasteiger partial charge is 0.338 e. The molecule has 1 aromatic carbocycles. The number of halogens is 2. The molecule has 0 spiro atoms. The molecule has 0 aliphatic carbocycles. The molecule has 1 unspecified atom stereocenters. The molecule has 0 radical (unpaired) electrons. The predicted molar refractivity (Wildman–Crippen MR) is 79.3 cm³/mol. The van der Waals surface area contributed by atoms with Gasteiger partial charge < -0.3 is 10.1 Å². The maximum Gasteiger partial charge on any atom is 0.338 e. The van der Waals surface area contributed by atoms with Crippen LogP contribution in [0.3, 0.4) is 0 Å². The van der Waals surface area contributed by atoms with Crippen molar-refractivity contribution < 1.29 is 23.1 Å². The second-order valence-electron chi connectivity index (χ2n) is 4.98. The molecule has 2 rings (SSSR count). The average molecular weight is 324 g/mol. The first-order valence-electron chi connectivity index (χ1n) is 7.32. The van der Waals surface area contributed by atoms with Crippen LogP contribution < -0.4 is 5.32 Å². The number of carbonyl (C=O) groups is 2. The third-order valence-corrected chi connectivity index (χ3v) is 3.70. The standard InChI is InChI=1S/C16H18F2N2O3/c1-4-20-9(3)12(15(21)23-5-2)14(19-16(20)22)13-10(17)7-6-8-11(13)18/h6-8,14H,4-5H2,1-3H3,(H,19,22). The summed E-state index contributed by atoms with van der Waals surface area (Å²) in [6.07, 6.45) is 0. The Morgan fingerprint density at radius 2 is 1.91 bits per heavy atom. The molecule has 23 heavy (non-hydrogen) atoms. The van der Waals surface area contributed by atoms with Crippen LogP contribution in [-0.2, 0) is 9.53 Å². The Labute approximate surface area is 132 Å². The predicted octanol–water partition coefficient (Wildman–Crippen LogP) is 2.89. The minimum atomic E-state index is -1.23. The van der Waals surface area contributed by atoms with E-state index in [4.69, 9.17) is 4.74 Å². The highest BCUT2D eigenvalue weighted by Crippen LogP contribution is 2.33. The van der Waals surface area contributed by atoms with Crippen LogP contribution in [0.1, 0.15) is 32.4 Å². The van der Waals surface area contributed by atoms with Crippen molar-refractivity contribution in [1.82, 2.24) is 10.2 Å².